The molecule has 0 aliphatic carbocycles. The first-order valence-electron chi connectivity index (χ1n) is 9.61. The summed E-state index contributed by atoms with van der Waals surface area (Å²) in [6, 6.07) is 6.40. The number of hydrogen-bond donors (Lipinski definition) is 2. The average Bonchev–Trinajstić information content (AvgIpc) is 3.29. The molecule has 1 unspecified atom stereocenters. The summed E-state index contributed by atoms with van der Waals surface area (Å²) in [5.41, 5.74) is 1.18. The third kappa shape index (κ3) is 3.55. The second-order valence-corrected chi connectivity index (χ2v) is 7.21. The Morgan fingerprint density at radius 2 is 2.10 bits per heavy atom. The Morgan fingerprint density at radius 1 is 1.28 bits per heavy atom. The Morgan fingerprint density at radius 3 is 2.86 bits per heavy atom. The summed E-state index contributed by atoms with van der Waals surface area (Å²) in [5, 5.41) is 7.64. The Hall–Kier alpha value is -3.36. The van der Waals surface area contributed by atoms with Crippen LogP contribution in [0.4, 0.5) is 15.9 Å². The Bertz CT molecular complexity index is 1150. The van der Waals surface area contributed by atoms with Crippen molar-refractivity contribution in [2.75, 3.05) is 16.8 Å². The zero-order valence-electron chi connectivity index (χ0n) is 16.4. The number of aromatic amines is 1. The highest BCUT2D eigenvalue weighted by atomic mass is 19.1. The molecule has 9 heteroatoms. The van der Waals surface area contributed by atoms with E-state index in [0.29, 0.717) is 24.6 Å². The summed E-state index contributed by atoms with van der Waals surface area (Å²) < 4.78 is 16.6. The molecule has 1 atom stereocenters. The van der Waals surface area contributed by atoms with Gasteiger partial charge in [-0.05, 0) is 24.1 Å². The number of benzene rings is 1. The zero-order valence-corrected chi connectivity index (χ0v) is 16.4. The number of nitrogens with zero attached hydrogens (tertiary/aromatic N) is 4. The third-order valence-electron chi connectivity index (χ3n) is 5.11. The van der Waals surface area contributed by atoms with Crippen LogP contribution in [0.1, 0.15) is 37.1 Å². The molecule has 1 aliphatic heterocycles. The molecule has 0 bridgehead atoms. The molecular weight excluding hydrogens is 375 g/mol. The van der Waals surface area contributed by atoms with Crippen LogP contribution < -0.4 is 21.5 Å². The van der Waals surface area contributed by atoms with E-state index in [1.807, 2.05) is 17.2 Å². The first-order valence-corrected chi connectivity index (χ1v) is 9.61. The molecule has 2 N–H and O–H groups in total. The van der Waals surface area contributed by atoms with Gasteiger partial charge in [-0.3, -0.25) is 19.0 Å². The third-order valence-corrected chi connectivity index (χ3v) is 5.11. The molecule has 4 rings (SSSR count). The van der Waals surface area contributed by atoms with Gasteiger partial charge in [0.15, 0.2) is 0 Å². The highest BCUT2D eigenvalue weighted by Gasteiger charge is 2.34. The minimum absolute atomic E-state index is 0.284. The Balaban J connectivity index is 1.66. The van der Waals surface area contributed by atoms with Crippen molar-refractivity contribution in [1.82, 2.24) is 19.3 Å². The predicted molar refractivity (Wildman–Crippen MR) is 109 cm³/mol. The number of halogens is 1. The number of fused-ring (bicyclic) bond motifs is 1. The fourth-order valence-electron chi connectivity index (χ4n) is 3.67. The molecule has 0 saturated carbocycles. The van der Waals surface area contributed by atoms with Crippen molar-refractivity contribution in [1.29, 1.82) is 0 Å². The van der Waals surface area contributed by atoms with Crippen LogP contribution in [0.15, 0.2) is 46.2 Å². The van der Waals surface area contributed by atoms with E-state index < -0.39 is 11.2 Å². The molecule has 8 nitrogen and oxygen atoms in total. The van der Waals surface area contributed by atoms with E-state index in [-0.39, 0.29) is 12.0 Å². The van der Waals surface area contributed by atoms with Crippen molar-refractivity contribution in [2.45, 2.75) is 32.5 Å². The van der Waals surface area contributed by atoms with Gasteiger partial charge in [0.25, 0.3) is 5.56 Å². The molecule has 0 spiro atoms. The lowest BCUT2D eigenvalue weighted by atomic mass is 10.2. The second kappa shape index (κ2) is 7.57. The smallest absolute Gasteiger partial charge is 0.329 e. The molecule has 0 saturated heterocycles. The van der Waals surface area contributed by atoms with Gasteiger partial charge in [0.05, 0.1) is 12.7 Å². The van der Waals surface area contributed by atoms with Crippen LogP contribution in [0.25, 0.3) is 0 Å². The topological polar surface area (TPSA) is 87.9 Å². The van der Waals surface area contributed by atoms with Gasteiger partial charge >= 0.3 is 5.69 Å². The first-order chi connectivity index (χ1) is 14.0. The molecule has 1 aromatic carbocycles. The Kier molecular flexibility index (Phi) is 4.96. The van der Waals surface area contributed by atoms with E-state index in [9.17, 15) is 14.0 Å². The van der Waals surface area contributed by atoms with Crippen LogP contribution in [-0.4, -0.2) is 25.9 Å². The summed E-state index contributed by atoms with van der Waals surface area (Å²) in [5.74, 6) is 0.295. The monoisotopic (exact) mass is 398 g/mol. The molecule has 2 aromatic heterocycles. The molecule has 3 heterocycles. The van der Waals surface area contributed by atoms with E-state index in [2.05, 4.69) is 22.3 Å². The lowest BCUT2D eigenvalue weighted by Crippen LogP contribution is -2.33. The molecular formula is C20H23FN6O2. The first kappa shape index (κ1) is 19.0. The van der Waals surface area contributed by atoms with Crippen molar-refractivity contribution in [3.63, 3.8) is 0 Å². The van der Waals surface area contributed by atoms with Crippen molar-refractivity contribution in [3.05, 3.63) is 74.4 Å². The van der Waals surface area contributed by atoms with Crippen LogP contribution in [0.3, 0.4) is 0 Å². The number of unbranched alkanes of at least 4 members (excludes halogenated alkanes) is 1. The summed E-state index contributed by atoms with van der Waals surface area (Å²) >= 11 is 0. The van der Waals surface area contributed by atoms with E-state index in [1.54, 1.807) is 24.0 Å². The average molecular weight is 398 g/mol. The highest BCUT2D eigenvalue weighted by molar-refractivity contribution is 5.72. The maximum Gasteiger partial charge on any atom is 0.329 e. The van der Waals surface area contributed by atoms with Crippen LogP contribution in [0.5, 0.6) is 0 Å². The van der Waals surface area contributed by atoms with Crippen molar-refractivity contribution in [2.24, 2.45) is 7.05 Å². The van der Waals surface area contributed by atoms with Gasteiger partial charge in [-0.15, -0.1) is 0 Å². The Labute approximate surface area is 166 Å². The van der Waals surface area contributed by atoms with Gasteiger partial charge in [-0.25, -0.2) is 9.18 Å². The van der Waals surface area contributed by atoms with E-state index >= 15 is 0 Å². The predicted octanol–water partition coefficient (Wildman–Crippen LogP) is 2.19. The van der Waals surface area contributed by atoms with Gasteiger partial charge in [0.2, 0.25) is 0 Å². The fraction of sp³-hybridized carbons (Fsp3) is 0.350. The van der Waals surface area contributed by atoms with E-state index in [1.165, 1.54) is 16.7 Å². The van der Waals surface area contributed by atoms with Gasteiger partial charge in [0, 0.05) is 25.4 Å². The van der Waals surface area contributed by atoms with E-state index in [4.69, 9.17) is 0 Å². The number of hydrogen-bond acceptors (Lipinski definition) is 5. The standard InChI is InChI=1S/C20H23FN6O2/c1-3-4-8-27-17(23-16-18(28)24-20(29)25(2)19(16)27)14-10-22-26(12-14)11-13-6-5-7-15(21)9-13/h5-7,9-10,12,17,23H,3-4,8,11H2,1-2H3,(H,24,28,29). The van der Waals surface area contributed by atoms with Crippen LogP contribution >= 0.6 is 0 Å². The van der Waals surface area contributed by atoms with E-state index in [0.717, 1.165) is 24.0 Å². The maximum atomic E-state index is 13.4. The second-order valence-electron chi connectivity index (χ2n) is 7.21. The number of nitrogens with one attached hydrogen (secondary N) is 2. The van der Waals surface area contributed by atoms with Gasteiger partial charge in [0.1, 0.15) is 23.5 Å². The fourth-order valence-corrected chi connectivity index (χ4v) is 3.67. The van der Waals surface area contributed by atoms with Gasteiger partial charge in [-0.2, -0.15) is 5.10 Å². The highest BCUT2D eigenvalue weighted by Crippen LogP contribution is 2.37. The minimum atomic E-state index is -0.445. The summed E-state index contributed by atoms with van der Waals surface area (Å²) in [6.07, 6.45) is 5.19. The largest absolute Gasteiger partial charge is 0.354 e. The molecule has 0 radical (unpaired) electrons. The number of anilines is 2. The lowest BCUT2D eigenvalue weighted by Gasteiger charge is -2.26. The zero-order chi connectivity index (χ0) is 20.5. The normalized spacial score (nSPS) is 15.4. The van der Waals surface area contributed by atoms with Gasteiger partial charge in [-0.1, -0.05) is 25.5 Å². The summed E-state index contributed by atoms with van der Waals surface area (Å²) in [7, 11) is 1.65. The summed E-state index contributed by atoms with van der Waals surface area (Å²) in [6.45, 7) is 3.21. The van der Waals surface area contributed by atoms with Crippen LogP contribution in [-0.2, 0) is 13.6 Å². The van der Waals surface area contributed by atoms with Crippen LogP contribution in [0.2, 0.25) is 0 Å². The van der Waals surface area contributed by atoms with Crippen LogP contribution in [0, 0.1) is 5.82 Å². The quantitative estimate of drug-likeness (QED) is 0.665. The van der Waals surface area contributed by atoms with Gasteiger partial charge < -0.3 is 10.2 Å². The number of aromatic nitrogens is 4. The summed E-state index contributed by atoms with van der Waals surface area (Å²) in [4.78, 5) is 28.8. The molecule has 1 aliphatic rings. The molecule has 0 amide bonds. The van der Waals surface area contributed by atoms with Crippen molar-refractivity contribution >= 4 is 11.5 Å². The van der Waals surface area contributed by atoms with Crippen molar-refractivity contribution in [3.8, 4) is 0 Å². The number of rotatable bonds is 6. The molecule has 0 fully saturated rings. The maximum absolute atomic E-state index is 13.4. The lowest BCUT2D eigenvalue weighted by molar-refractivity contribution is 0.618. The molecule has 152 valence electrons. The minimum Gasteiger partial charge on any atom is -0.354 e. The SMILES string of the molecule is CCCCN1c2c(c(=O)[nH]c(=O)n2C)NC1c1cnn(Cc2cccc(F)c2)c1. The number of H-pyrrole nitrogens is 1. The van der Waals surface area contributed by atoms with Crippen molar-refractivity contribution < 1.29 is 4.39 Å². The molecule has 3 aromatic rings. The molecule has 29 heavy (non-hydrogen) atoms.